The highest BCUT2D eigenvalue weighted by Gasteiger charge is 2.32. The molecule has 8 N–H and O–H groups in total. The molecule has 16 nitrogen and oxygen atoms in total. The first-order valence-electron chi connectivity index (χ1n) is 27.4. The average Bonchev–Trinajstić information content (AvgIpc) is 3.42. The molecule has 87 heavy (non-hydrogen) atoms. The molecule has 3 aliphatic carbocycles. The van der Waals surface area contributed by atoms with Crippen molar-refractivity contribution >= 4 is 131 Å². The van der Waals surface area contributed by atoms with Gasteiger partial charge in [-0.15, -0.1) is 0 Å². The van der Waals surface area contributed by atoms with E-state index in [1.807, 2.05) is 19.1 Å². The minimum Gasteiger partial charge on any atom is -0.487 e. The second-order valence-electron chi connectivity index (χ2n) is 21.4. The predicted molar refractivity (Wildman–Crippen MR) is 337 cm³/mol. The third-order valence-corrected chi connectivity index (χ3v) is 15.6. The first kappa shape index (κ1) is 67.9. The number of alkyl halides is 3. The lowest BCUT2D eigenvalue weighted by molar-refractivity contribution is -0.140. The number of ether oxygens (including phenoxy) is 3. The van der Waals surface area contributed by atoms with Crippen molar-refractivity contribution in [1.29, 1.82) is 0 Å². The molecular formula is C62H62Br2Cl4F3N5O11. The SMILES string of the molecule is Cc1cc(COc2c(Br)cc(CC(=O)O)cc2Br)cc(NCC2CC2)c1.Cc1cc(COc2c(Cl)cc(C(=O)NCC(=O)O)cc2Cl)cc(NCC2CC2)c1.O=C(O)CC(=O)Nc1cc(Cl)c(OCc2cc(NCC3CC3)cc(C(F)(F)F)c2)c(Cl)c1. The van der Waals surface area contributed by atoms with Gasteiger partial charge in [-0.2, -0.15) is 13.2 Å². The van der Waals surface area contributed by atoms with Gasteiger partial charge in [-0.05, 0) is 214 Å². The summed E-state index contributed by atoms with van der Waals surface area (Å²) in [6.07, 6.45) is 2.08. The van der Waals surface area contributed by atoms with Crippen LogP contribution in [0.4, 0.5) is 35.9 Å². The largest absolute Gasteiger partial charge is 0.487 e. The number of carbonyl (C=O) groups excluding carboxylic acids is 2. The van der Waals surface area contributed by atoms with Crippen molar-refractivity contribution in [2.45, 2.75) is 91.2 Å². The van der Waals surface area contributed by atoms with E-state index >= 15 is 0 Å². The summed E-state index contributed by atoms with van der Waals surface area (Å²) >= 11 is 31.7. The van der Waals surface area contributed by atoms with E-state index in [2.05, 4.69) is 89.6 Å². The summed E-state index contributed by atoms with van der Waals surface area (Å²) in [7, 11) is 0. The Morgan fingerprint density at radius 2 is 0.931 bits per heavy atom. The molecule has 2 amide bonds. The monoisotopic (exact) mass is 1410 g/mol. The van der Waals surface area contributed by atoms with Gasteiger partial charge >= 0.3 is 24.1 Å². The summed E-state index contributed by atoms with van der Waals surface area (Å²) in [4.78, 5) is 55.6. The first-order chi connectivity index (χ1) is 41.2. The van der Waals surface area contributed by atoms with Crippen LogP contribution in [-0.4, -0.2) is 71.2 Å². The molecule has 3 fully saturated rings. The van der Waals surface area contributed by atoms with Crippen molar-refractivity contribution in [3.05, 3.63) is 165 Å². The minimum atomic E-state index is -4.52. The van der Waals surface area contributed by atoms with E-state index in [-0.39, 0.29) is 68.0 Å². The Labute approximate surface area is 537 Å². The molecule has 0 bridgehead atoms. The Morgan fingerprint density at radius 1 is 0.517 bits per heavy atom. The van der Waals surface area contributed by atoms with Crippen LogP contribution >= 0.6 is 78.3 Å². The summed E-state index contributed by atoms with van der Waals surface area (Å²) in [5, 5.41) is 41.2. The predicted octanol–water partition coefficient (Wildman–Crippen LogP) is 15.9. The van der Waals surface area contributed by atoms with Gasteiger partial charge in [0.05, 0.1) is 41.0 Å². The smallest absolute Gasteiger partial charge is 0.416 e. The minimum absolute atomic E-state index is 0.00202. The Kier molecular flexibility index (Phi) is 24.6. The summed E-state index contributed by atoms with van der Waals surface area (Å²) in [5.74, 6) is -1.59. The van der Waals surface area contributed by atoms with Gasteiger partial charge in [0.25, 0.3) is 5.91 Å². The van der Waals surface area contributed by atoms with E-state index in [1.54, 1.807) is 18.2 Å². The molecule has 3 saturated carbocycles. The van der Waals surface area contributed by atoms with Crippen LogP contribution in [0.25, 0.3) is 0 Å². The van der Waals surface area contributed by atoms with Gasteiger partial charge in [-0.25, -0.2) is 0 Å². The van der Waals surface area contributed by atoms with Gasteiger partial charge in [0, 0.05) is 47.9 Å². The van der Waals surface area contributed by atoms with Crippen LogP contribution in [0.5, 0.6) is 17.2 Å². The van der Waals surface area contributed by atoms with Crippen LogP contribution in [0, 0.1) is 31.6 Å². The molecule has 0 atom stereocenters. The highest BCUT2D eigenvalue weighted by atomic mass is 79.9. The molecule has 0 heterocycles. The van der Waals surface area contributed by atoms with Crippen molar-refractivity contribution in [2.75, 3.05) is 47.4 Å². The molecule has 0 saturated heterocycles. The number of aryl methyl sites for hydroxylation is 2. The number of hydrogen-bond donors (Lipinski definition) is 8. The number of carboxylic acid groups (broad SMARTS) is 3. The number of aliphatic carboxylic acids is 3. The lowest BCUT2D eigenvalue weighted by Crippen LogP contribution is -2.29. The van der Waals surface area contributed by atoms with Gasteiger partial charge in [-0.3, -0.25) is 24.0 Å². The van der Waals surface area contributed by atoms with Crippen molar-refractivity contribution in [3.63, 3.8) is 0 Å². The Morgan fingerprint density at radius 3 is 1.33 bits per heavy atom. The van der Waals surface area contributed by atoms with Crippen molar-refractivity contribution < 1.29 is 66.7 Å². The lowest BCUT2D eigenvalue weighted by Gasteiger charge is -2.16. The van der Waals surface area contributed by atoms with Crippen molar-refractivity contribution in [2.24, 2.45) is 17.8 Å². The van der Waals surface area contributed by atoms with E-state index < -0.39 is 54.4 Å². The Hall–Kier alpha value is -6.62. The molecule has 0 aliphatic heterocycles. The van der Waals surface area contributed by atoms with E-state index in [0.717, 1.165) is 86.9 Å². The number of nitrogens with one attached hydrogen (secondary N) is 5. The number of halogens is 9. The van der Waals surface area contributed by atoms with E-state index in [1.165, 1.54) is 55.5 Å². The van der Waals surface area contributed by atoms with Crippen LogP contribution in [-0.2, 0) is 51.6 Å². The maximum Gasteiger partial charge on any atom is 0.416 e. The highest BCUT2D eigenvalue weighted by molar-refractivity contribution is 9.11. The quantitative estimate of drug-likeness (QED) is 0.0236. The number of amides is 2. The fraction of sp³-hybridized carbons (Fsp3) is 0.339. The molecule has 0 radical (unpaired) electrons. The van der Waals surface area contributed by atoms with Gasteiger partial charge in [0.15, 0.2) is 11.5 Å². The number of anilines is 4. The molecule has 0 spiro atoms. The topological polar surface area (TPSA) is 234 Å². The molecule has 6 aromatic rings. The second kappa shape index (κ2) is 31.5. The summed E-state index contributed by atoms with van der Waals surface area (Å²) in [5.41, 5.74) is 7.41. The van der Waals surface area contributed by atoms with E-state index in [9.17, 15) is 37.1 Å². The molecule has 3 aliphatic rings. The van der Waals surface area contributed by atoms with Crippen LogP contribution in [0.3, 0.4) is 0 Å². The normalized spacial score (nSPS) is 13.4. The zero-order chi connectivity index (χ0) is 63.1. The number of carboxylic acids is 3. The summed E-state index contributed by atoms with van der Waals surface area (Å²) < 4.78 is 58.7. The van der Waals surface area contributed by atoms with Gasteiger partial charge in [0.1, 0.15) is 38.5 Å². The van der Waals surface area contributed by atoms with E-state index in [4.69, 9.17) is 75.9 Å². The zero-order valence-corrected chi connectivity index (χ0v) is 53.2. The standard InChI is InChI=1S/C21H19Cl2F3N2O4.C21H22Cl2N2O4.C20H21Br2NO3/c22-16-6-15(28-18(29)8-19(30)31)7-17(23)20(16)32-10-12-3-13(21(24,25)26)5-14(4-12)27-9-11-1-2-11;1-12-4-14(6-16(5-12)24-9-13-2-3-13)11-29-20-17(22)7-15(8-18(20)23)21(28)25-10-19(26)27;1-12-4-15(6-16(5-12)23-10-13-2-3-13)11-26-20-17(21)7-14(8-18(20)22)9-19(24)25/h3-7,11,27H,1-2,8-10H2,(H,28,29)(H,30,31);4-8,13,24H,2-3,9-11H2,1H3,(H,25,28)(H,26,27);4-8,13,23H,2-3,9-11H2,1H3,(H,24,25). The van der Waals surface area contributed by atoms with Crippen LogP contribution < -0.4 is 40.8 Å². The van der Waals surface area contributed by atoms with Gasteiger partial charge < -0.3 is 56.1 Å². The molecule has 0 aromatic heterocycles. The molecule has 25 heteroatoms. The third-order valence-electron chi connectivity index (χ3n) is 13.3. The van der Waals surface area contributed by atoms with Crippen LogP contribution in [0.2, 0.25) is 20.1 Å². The maximum atomic E-state index is 13.3. The average molecular weight is 1410 g/mol. The summed E-state index contributed by atoms with van der Waals surface area (Å²) in [6, 6.07) is 25.1. The maximum absolute atomic E-state index is 13.3. The fourth-order valence-corrected chi connectivity index (χ4v) is 11.3. The fourth-order valence-electron chi connectivity index (χ4n) is 8.58. The third kappa shape index (κ3) is 23.1. The molecule has 464 valence electrons. The van der Waals surface area contributed by atoms with Crippen LogP contribution in [0.1, 0.15) is 94.2 Å². The van der Waals surface area contributed by atoms with E-state index in [0.29, 0.717) is 36.1 Å². The Bertz CT molecular complexity index is 3430. The Balaban J connectivity index is 0.000000187. The van der Waals surface area contributed by atoms with Crippen LogP contribution in [0.15, 0.2) is 99.9 Å². The molecular weight excluding hydrogens is 1350 g/mol. The van der Waals surface area contributed by atoms with Crippen molar-refractivity contribution in [3.8, 4) is 17.2 Å². The molecule has 0 unspecified atom stereocenters. The second-order valence-corrected chi connectivity index (χ2v) is 24.7. The van der Waals surface area contributed by atoms with Gasteiger partial charge in [-0.1, -0.05) is 58.5 Å². The number of rotatable bonds is 26. The highest BCUT2D eigenvalue weighted by Crippen LogP contribution is 2.40. The van der Waals surface area contributed by atoms with Crippen molar-refractivity contribution in [1.82, 2.24) is 5.32 Å². The zero-order valence-electron chi connectivity index (χ0n) is 47.0. The summed E-state index contributed by atoms with van der Waals surface area (Å²) in [6.45, 7) is 6.71. The lowest BCUT2D eigenvalue weighted by atomic mass is 10.1. The van der Waals surface area contributed by atoms with Gasteiger partial charge in [0.2, 0.25) is 5.91 Å². The number of hydrogen-bond acceptors (Lipinski definition) is 11. The first-order valence-corrected chi connectivity index (χ1v) is 30.5. The molecule has 6 aromatic carbocycles. The molecule has 9 rings (SSSR count). The number of benzene rings is 6. The number of carbonyl (C=O) groups is 5.